The number of carbonyl (C=O) groups excluding carboxylic acids is 2. The number of methoxy groups -OCH3 is 1. The van der Waals surface area contributed by atoms with Gasteiger partial charge in [-0.05, 0) is 53.9 Å². The van der Waals surface area contributed by atoms with Crippen LogP contribution in [0.2, 0.25) is 0 Å². The summed E-state index contributed by atoms with van der Waals surface area (Å²) < 4.78 is 32.7. The number of sulfonamides is 1. The van der Waals surface area contributed by atoms with E-state index in [1.54, 1.807) is 49.6 Å². The molecule has 0 aliphatic carbocycles. The summed E-state index contributed by atoms with van der Waals surface area (Å²) in [5.41, 5.74) is 2.13. The van der Waals surface area contributed by atoms with Gasteiger partial charge in [0.15, 0.2) is 0 Å². The Kier molecular flexibility index (Phi) is 6.56. The molecule has 3 amide bonds. The largest absolute Gasteiger partial charge is 0.497 e. The lowest BCUT2D eigenvalue weighted by Gasteiger charge is -2.36. The summed E-state index contributed by atoms with van der Waals surface area (Å²) in [6.07, 6.45) is 0.683. The molecule has 1 aliphatic rings. The highest BCUT2D eigenvalue weighted by Crippen LogP contribution is 2.37. The van der Waals surface area contributed by atoms with Crippen molar-refractivity contribution in [2.45, 2.75) is 24.8 Å². The molecule has 176 valence electrons. The molecule has 34 heavy (non-hydrogen) atoms. The van der Waals surface area contributed by atoms with Crippen molar-refractivity contribution in [1.29, 1.82) is 0 Å². The smallest absolute Gasteiger partial charge is 0.343 e. The second-order valence-corrected chi connectivity index (χ2v) is 9.51. The first-order chi connectivity index (χ1) is 16.3. The number of benzene rings is 3. The minimum absolute atomic E-state index is 0.0305. The van der Waals surface area contributed by atoms with Gasteiger partial charge in [-0.25, -0.2) is 13.2 Å². The summed E-state index contributed by atoms with van der Waals surface area (Å²) in [6.45, 7) is 1.85. The van der Waals surface area contributed by atoms with E-state index in [0.717, 1.165) is 15.4 Å². The van der Waals surface area contributed by atoms with Crippen molar-refractivity contribution < 1.29 is 22.7 Å². The van der Waals surface area contributed by atoms with E-state index in [-0.39, 0.29) is 29.4 Å². The van der Waals surface area contributed by atoms with Crippen LogP contribution in [0.3, 0.4) is 0 Å². The molecule has 0 atom stereocenters. The normalized spacial score (nSPS) is 14.5. The van der Waals surface area contributed by atoms with Gasteiger partial charge in [0.05, 0.1) is 18.5 Å². The Balaban J connectivity index is 1.63. The summed E-state index contributed by atoms with van der Waals surface area (Å²) in [7, 11) is -2.58. The van der Waals surface area contributed by atoms with E-state index in [4.69, 9.17) is 4.74 Å². The number of fused-ring (bicyclic) bond motifs is 1. The minimum Gasteiger partial charge on any atom is -0.497 e. The summed E-state index contributed by atoms with van der Waals surface area (Å²) >= 11 is 0. The second-order valence-electron chi connectivity index (χ2n) is 7.76. The first-order valence-corrected chi connectivity index (χ1v) is 12.2. The number of nitrogens with one attached hydrogen (secondary N) is 1. The summed E-state index contributed by atoms with van der Waals surface area (Å²) in [6, 6.07) is 19.5. The Morgan fingerprint density at radius 3 is 2.47 bits per heavy atom. The third kappa shape index (κ3) is 4.47. The molecular formula is C25H25N3O5S. The van der Waals surface area contributed by atoms with E-state index in [1.165, 1.54) is 17.0 Å². The first-order valence-electron chi connectivity index (χ1n) is 10.8. The predicted molar refractivity (Wildman–Crippen MR) is 130 cm³/mol. The Bertz CT molecular complexity index is 1340. The van der Waals surface area contributed by atoms with Crippen molar-refractivity contribution in [3.63, 3.8) is 0 Å². The van der Waals surface area contributed by atoms with Gasteiger partial charge >= 0.3 is 6.03 Å². The van der Waals surface area contributed by atoms with Gasteiger partial charge in [0.25, 0.3) is 10.0 Å². The van der Waals surface area contributed by atoms with Crippen LogP contribution in [0, 0.1) is 0 Å². The van der Waals surface area contributed by atoms with Crippen LogP contribution in [-0.4, -0.2) is 34.0 Å². The van der Waals surface area contributed by atoms with Gasteiger partial charge in [-0.2, -0.15) is 4.31 Å². The number of nitrogens with zero attached hydrogens (tertiary/aromatic N) is 2. The number of amides is 3. The average Bonchev–Trinajstić information content (AvgIpc) is 2.85. The van der Waals surface area contributed by atoms with Crippen LogP contribution in [0.1, 0.15) is 18.1 Å². The van der Waals surface area contributed by atoms with Gasteiger partial charge in [-0.1, -0.05) is 43.3 Å². The molecule has 0 unspecified atom stereocenters. The predicted octanol–water partition coefficient (Wildman–Crippen LogP) is 3.71. The zero-order valence-corrected chi connectivity index (χ0v) is 19.7. The Morgan fingerprint density at radius 1 is 0.971 bits per heavy atom. The van der Waals surface area contributed by atoms with E-state index in [2.05, 4.69) is 5.32 Å². The molecule has 8 nitrogen and oxygen atoms in total. The molecule has 0 saturated carbocycles. The van der Waals surface area contributed by atoms with Crippen molar-refractivity contribution in [1.82, 2.24) is 5.32 Å². The van der Waals surface area contributed by atoms with Crippen LogP contribution in [0.5, 0.6) is 5.75 Å². The lowest BCUT2D eigenvalue weighted by molar-refractivity contribution is -0.119. The van der Waals surface area contributed by atoms with Crippen molar-refractivity contribution in [3.8, 4) is 5.75 Å². The number of urea groups is 1. The molecule has 0 saturated heterocycles. The monoisotopic (exact) mass is 479 g/mol. The van der Waals surface area contributed by atoms with E-state index < -0.39 is 22.0 Å². The lowest BCUT2D eigenvalue weighted by atomic mass is 10.1. The molecule has 1 heterocycles. The second kappa shape index (κ2) is 9.56. The minimum atomic E-state index is -4.15. The molecule has 0 aromatic heterocycles. The Hall–Kier alpha value is -3.85. The van der Waals surface area contributed by atoms with Crippen molar-refractivity contribution in [2.75, 3.05) is 22.9 Å². The van der Waals surface area contributed by atoms with E-state index in [1.807, 2.05) is 25.1 Å². The highest BCUT2D eigenvalue weighted by Gasteiger charge is 2.43. The number of aryl methyl sites for hydroxylation is 1. The van der Waals surface area contributed by atoms with Gasteiger partial charge in [0.2, 0.25) is 5.91 Å². The standard InChI is InChI=1S/C25H25N3O5S/c1-3-18-8-6-10-20(14-18)28-25(30)27(22-12-4-5-13-23(22)34(28,31)32)17-24(29)26-16-19-9-7-11-21(15-19)33-2/h4-15H,3,16-17H2,1-2H3,(H,26,29). The highest BCUT2D eigenvalue weighted by molar-refractivity contribution is 7.94. The number of hydrogen-bond acceptors (Lipinski definition) is 5. The highest BCUT2D eigenvalue weighted by atomic mass is 32.2. The van der Waals surface area contributed by atoms with Gasteiger partial charge in [0, 0.05) is 6.54 Å². The van der Waals surface area contributed by atoms with E-state index in [0.29, 0.717) is 12.2 Å². The third-order valence-corrected chi connectivity index (χ3v) is 7.31. The fraction of sp³-hybridized carbons (Fsp3) is 0.200. The summed E-state index contributed by atoms with van der Waals surface area (Å²) in [5.74, 6) is 0.245. The molecule has 4 rings (SSSR count). The van der Waals surface area contributed by atoms with Gasteiger partial charge < -0.3 is 10.1 Å². The molecule has 1 N–H and O–H groups in total. The number of anilines is 2. The van der Waals surface area contributed by atoms with Crippen LogP contribution < -0.4 is 19.3 Å². The maximum absolute atomic E-state index is 13.5. The molecular weight excluding hydrogens is 454 g/mol. The topological polar surface area (TPSA) is 96.0 Å². The fourth-order valence-electron chi connectivity index (χ4n) is 3.80. The Labute approximate surface area is 198 Å². The summed E-state index contributed by atoms with van der Waals surface area (Å²) in [5, 5.41) is 2.79. The van der Waals surface area contributed by atoms with E-state index >= 15 is 0 Å². The SMILES string of the molecule is CCc1cccc(N2C(=O)N(CC(=O)NCc3cccc(OC)c3)c3ccccc3S2(=O)=O)c1. The Morgan fingerprint density at radius 2 is 1.71 bits per heavy atom. The van der Waals surface area contributed by atoms with Crippen LogP contribution in [0.25, 0.3) is 0 Å². The van der Waals surface area contributed by atoms with Gasteiger partial charge in [0.1, 0.15) is 17.2 Å². The third-order valence-electron chi connectivity index (χ3n) is 5.56. The fourth-order valence-corrected chi connectivity index (χ4v) is 5.38. The van der Waals surface area contributed by atoms with Gasteiger partial charge in [-0.15, -0.1) is 0 Å². The van der Waals surface area contributed by atoms with Crippen LogP contribution in [0.15, 0.2) is 77.7 Å². The molecule has 0 fully saturated rings. The molecule has 0 bridgehead atoms. The molecule has 1 aliphatic heterocycles. The molecule has 0 spiro atoms. The number of carbonyl (C=O) groups is 2. The number of rotatable bonds is 7. The number of para-hydroxylation sites is 1. The number of hydrogen-bond donors (Lipinski definition) is 1. The number of ether oxygens (including phenoxy) is 1. The van der Waals surface area contributed by atoms with Crippen molar-refractivity contribution in [3.05, 3.63) is 83.9 Å². The lowest BCUT2D eigenvalue weighted by Crippen LogP contribution is -2.53. The van der Waals surface area contributed by atoms with Crippen molar-refractivity contribution in [2.24, 2.45) is 0 Å². The maximum Gasteiger partial charge on any atom is 0.343 e. The maximum atomic E-state index is 13.5. The zero-order valence-electron chi connectivity index (χ0n) is 18.9. The van der Waals surface area contributed by atoms with Crippen LogP contribution >= 0.6 is 0 Å². The first kappa shape index (κ1) is 23.3. The molecule has 3 aromatic rings. The zero-order chi connectivity index (χ0) is 24.3. The van der Waals surface area contributed by atoms with Crippen molar-refractivity contribution >= 4 is 33.3 Å². The molecule has 3 aromatic carbocycles. The van der Waals surface area contributed by atoms with Crippen LogP contribution in [0.4, 0.5) is 16.2 Å². The molecule has 9 heteroatoms. The van der Waals surface area contributed by atoms with Gasteiger partial charge in [-0.3, -0.25) is 9.69 Å². The van der Waals surface area contributed by atoms with E-state index in [9.17, 15) is 18.0 Å². The average molecular weight is 480 g/mol. The summed E-state index contributed by atoms with van der Waals surface area (Å²) in [4.78, 5) is 27.4. The van der Waals surface area contributed by atoms with Crippen LogP contribution in [-0.2, 0) is 27.8 Å². The quantitative estimate of drug-likeness (QED) is 0.557. The molecule has 0 radical (unpaired) electrons.